The molecule has 2 N–H and O–H groups in total. The maximum absolute atomic E-state index is 13.1. The number of amides is 3. The number of fused-ring (bicyclic) bond motifs is 1. The van der Waals surface area contributed by atoms with Gasteiger partial charge in [0.05, 0.1) is 13.2 Å². The molecule has 0 spiro atoms. The number of carbonyl (C=O) groups excluding carboxylic acids is 3. The third kappa shape index (κ3) is 8.75. The number of ether oxygens (including phenoxy) is 2. The number of hydrogen-bond donors (Lipinski definition) is 2. The summed E-state index contributed by atoms with van der Waals surface area (Å²) in [6.07, 6.45) is 7.41. The van der Waals surface area contributed by atoms with Crippen LogP contribution >= 0.6 is 0 Å². The predicted octanol–water partition coefficient (Wildman–Crippen LogP) is 4.17. The van der Waals surface area contributed by atoms with Gasteiger partial charge in [-0.25, -0.2) is 4.79 Å². The van der Waals surface area contributed by atoms with E-state index in [9.17, 15) is 14.4 Å². The molecule has 8 nitrogen and oxygen atoms in total. The zero-order chi connectivity index (χ0) is 25.0. The normalized spacial score (nSPS) is 17.8. The Bertz CT molecular complexity index is 840. The zero-order valence-corrected chi connectivity index (χ0v) is 21.2. The molecule has 1 saturated carbocycles. The monoisotopic (exact) mass is 487 g/mol. The van der Waals surface area contributed by atoms with Crippen LogP contribution in [0.2, 0.25) is 0 Å². The van der Waals surface area contributed by atoms with Crippen LogP contribution in [0, 0.1) is 5.92 Å². The molecule has 1 aliphatic heterocycles. The lowest BCUT2D eigenvalue weighted by atomic mass is 9.84. The van der Waals surface area contributed by atoms with Gasteiger partial charge in [0.15, 0.2) is 0 Å². The van der Waals surface area contributed by atoms with E-state index in [4.69, 9.17) is 9.47 Å². The number of carbonyl (C=O) groups is 3. The van der Waals surface area contributed by atoms with Crippen LogP contribution in [0.5, 0.6) is 5.75 Å². The van der Waals surface area contributed by atoms with Crippen LogP contribution in [-0.4, -0.2) is 54.6 Å². The Morgan fingerprint density at radius 1 is 1.14 bits per heavy atom. The first-order valence-corrected chi connectivity index (χ1v) is 13.2. The Labute approximate surface area is 209 Å². The third-order valence-corrected chi connectivity index (χ3v) is 6.82. The fraction of sp³-hybridized carbons (Fsp3) is 0.667. The van der Waals surface area contributed by atoms with Gasteiger partial charge in [0.1, 0.15) is 18.4 Å². The van der Waals surface area contributed by atoms with Crippen molar-refractivity contribution in [1.82, 2.24) is 15.5 Å². The molecule has 2 atom stereocenters. The van der Waals surface area contributed by atoms with Crippen LogP contribution in [-0.2, 0) is 20.9 Å². The Morgan fingerprint density at radius 3 is 2.69 bits per heavy atom. The molecule has 2 aliphatic rings. The summed E-state index contributed by atoms with van der Waals surface area (Å²) in [6.45, 7) is 5.70. The number of nitrogens with one attached hydrogen (secondary N) is 2. The van der Waals surface area contributed by atoms with Crippen molar-refractivity contribution in [2.24, 2.45) is 5.92 Å². The van der Waals surface area contributed by atoms with Gasteiger partial charge in [-0.05, 0) is 38.2 Å². The molecular formula is C27H41N3O5. The van der Waals surface area contributed by atoms with E-state index < -0.39 is 12.1 Å². The minimum atomic E-state index is -0.625. The van der Waals surface area contributed by atoms with E-state index in [-0.39, 0.29) is 17.9 Å². The fourth-order valence-electron chi connectivity index (χ4n) is 4.82. The maximum atomic E-state index is 13.1. The lowest BCUT2D eigenvalue weighted by Crippen LogP contribution is -2.50. The first-order valence-electron chi connectivity index (χ1n) is 13.2. The number of nitrogens with zero attached hydrogens (tertiary/aromatic N) is 1. The van der Waals surface area contributed by atoms with E-state index >= 15 is 0 Å². The summed E-state index contributed by atoms with van der Waals surface area (Å²) in [6, 6.07) is 6.97. The second kappa shape index (κ2) is 14.0. The molecule has 0 aromatic heterocycles. The van der Waals surface area contributed by atoms with Crippen molar-refractivity contribution in [2.75, 3.05) is 19.8 Å². The standard InChI is InChI=1S/C27H41N3O5/c1-3-16-35-27(33)29-23(18-21-9-5-4-6-10-21)26(32)28-20(2)13-14-25(31)30-15-17-34-24-12-8-7-11-22(24)19-30/h7-8,11-12,20-21,23H,3-6,9-10,13-19H2,1-2H3,(H,28,32)(H,29,33)/t20-,23+/m1/s1. The van der Waals surface area contributed by atoms with E-state index in [0.29, 0.717) is 51.5 Å². The highest BCUT2D eigenvalue weighted by Crippen LogP contribution is 2.27. The van der Waals surface area contributed by atoms with E-state index in [1.54, 1.807) is 0 Å². The number of hydrogen-bond acceptors (Lipinski definition) is 5. The van der Waals surface area contributed by atoms with E-state index in [1.165, 1.54) is 19.3 Å². The lowest BCUT2D eigenvalue weighted by molar-refractivity contribution is -0.132. The first-order chi connectivity index (χ1) is 17.0. The van der Waals surface area contributed by atoms with Crippen LogP contribution in [0.4, 0.5) is 4.79 Å². The number of para-hydroxylation sites is 1. The highest BCUT2D eigenvalue weighted by molar-refractivity contribution is 5.86. The van der Waals surface area contributed by atoms with Crippen molar-refractivity contribution in [3.63, 3.8) is 0 Å². The highest BCUT2D eigenvalue weighted by atomic mass is 16.5. The summed E-state index contributed by atoms with van der Waals surface area (Å²) in [4.78, 5) is 39.9. The molecule has 3 amide bonds. The average Bonchev–Trinajstić information content (AvgIpc) is 3.09. The van der Waals surface area contributed by atoms with Crippen molar-refractivity contribution in [2.45, 2.75) is 90.3 Å². The predicted molar refractivity (Wildman–Crippen MR) is 134 cm³/mol. The molecule has 1 aliphatic carbocycles. The number of benzene rings is 1. The molecule has 1 fully saturated rings. The van der Waals surface area contributed by atoms with Gasteiger partial charge >= 0.3 is 6.09 Å². The van der Waals surface area contributed by atoms with E-state index in [1.807, 2.05) is 43.0 Å². The maximum Gasteiger partial charge on any atom is 0.407 e. The Balaban J connectivity index is 1.49. The van der Waals surface area contributed by atoms with Gasteiger partial charge in [-0.15, -0.1) is 0 Å². The van der Waals surface area contributed by atoms with Crippen molar-refractivity contribution in [1.29, 1.82) is 0 Å². The minimum absolute atomic E-state index is 0.0476. The second-order valence-corrected chi connectivity index (χ2v) is 9.79. The summed E-state index contributed by atoms with van der Waals surface area (Å²) in [7, 11) is 0. The SMILES string of the molecule is CCCOC(=O)N[C@@H](CC1CCCCC1)C(=O)N[C@H](C)CCC(=O)N1CCOc2ccccc2C1. The molecule has 1 aromatic rings. The minimum Gasteiger partial charge on any atom is -0.491 e. The van der Waals surface area contributed by atoms with Crippen LogP contribution in [0.25, 0.3) is 0 Å². The lowest BCUT2D eigenvalue weighted by Gasteiger charge is -2.27. The second-order valence-electron chi connectivity index (χ2n) is 9.79. The van der Waals surface area contributed by atoms with Crippen LogP contribution in [0.15, 0.2) is 24.3 Å². The topological polar surface area (TPSA) is 97.0 Å². The molecule has 0 bridgehead atoms. The van der Waals surface area contributed by atoms with Crippen molar-refractivity contribution in [3.05, 3.63) is 29.8 Å². The van der Waals surface area contributed by atoms with Crippen molar-refractivity contribution >= 4 is 17.9 Å². The Hall–Kier alpha value is -2.77. The van der Waals surface area contributed by atoms with Gasteiger partial charge in [0.25, 0.3) is 0 Å². The molecule has 1 heterocycles. The molecule has 3 rings (SSSR count). The van der Waals surface area contributed by atoms with Crippen molar-refractivity contribution < 1.29 is 23.9 Å². The van der Waals surface area contributed by atoms with E-state index in [0.717, 1.165) is 30.6 Å². The van der Waals surface area contributed by atoms with Crippen LogP contribution in [0.1, 0.15) is 77.2 Å². The van der Waals surface area contributed by atoms with Gasteiger partial charge in [-0.1, -0.05) is 57.2 Å². The van der Waals surface area contributed by atoms with Gasteiger partial charge in [0.2, 0.25) is 11.8 Å². The Morgan fingerprint density at radius 2 is 1.91 bits per heavy atom. The third-order valence-electron chi connectivity index (χ3n) is 6.82. The fourth-order valence-corrected chi connectivity index (χ4v) is 4.82. The molecule has 0 radical (unpaired) electrons. The summed E-state index contributed by atoms with van der Waals surface area (Å²) >= 11 is 0. The molecule has 1 aromatic carbocycles. The van der Waals surface area contributed by atoms with Crippen molar-refractivity contribution in [3.8, 4) is 5.75 Å². The molecule has 35 heavy (non-hydrogen) atoms. The summed E-state index contributed by atoms with van der Waals surface area (Å²) in [5.41, 5.74) is 1.01. The van der Waals surface area contributed by atoms with Gasteiger partial charge < -0.3 is 25.0 Å². The first kappa shape index (κ1) is 26.8. The number of rotatable bonds is 10. The Kier molecular flexibility index (Phi) is 10.7. The van der Waals surface area contributed by atoms with Gasteiger partial charge in [-0.2, -0.15) is 0 Å². The molecular weight excluding hydrogens is 446 g/mol. The van der Waals surface area contributed by atoms with Gasteiger partial charge in [0, 0.05) is 24.6 Å². The summed E-state index contributed by atoms with van der Waals surface area (Å²) < 4.78 is 10.9. The average molecular weight is 488 g/mol. The van der Waals surface area contributed by atoms with Gasteiger partial charge in [-0.3, -0.25) is 9.59 Å². The molecule has 194 valence electrons. The smallest absolute Gasteiger partial charge is 0.407 e. The highest BCUT2D eigenvalue weighted by Gasteiger charge is 2.28. The number of alkyl carbamates (subject to hydrolysis) is 1. The van der Waals surface area contributed by atoms with Crippen LogP contribution in [0.3, 0.4) is 0 Å². The molecule has 8 heteroatoms. The quantitative estimate of drug-likeness (QED) is 0.516. The largest absolute Gasteiger partial charge is 0.491 e. The summed E-state index contributed by atoms with van der Waals surface area (Å²) in [5.74, 6) is 1.10. The zero-order valence-electron chi connectivity index (χ0n) is 21.2. The molecule has 0 saturated heterocycles. The summed E-state index contributed by atoms with van der Waals surface area (Å²) in [5, 5.41) is 5.79. The van der Waals surface area contributed by atoms with Crippen LogP contribution < -0.4 is 15.4 Å². The van der Waals surface area contributed by atoms with E-state index in [2.05, 4.69) is 10.6 Å². The molecule has 0 unspecified atom stereocenters.